The quantitative estimate of drug-likeness (QED) is 0.579. The average Bonchev–Trinajstić information content (AvgIpc) is 3.35. The third kappa shape index (κ3) is 4.74. The van der Waals surface area contributed by atoms with Crippen molar-refractivity contribution in [3.05, 3.63) is 24.2 Å². The van der Waals surface area contributed by atoms with Crippen LogP contribution < -0.4 is 5.73 Å². The van der Waals surface area contributed by atoms with Gasteiger partial charge >= 0.3 is 11.9 Å². The number of aliphatic hydroxyl groups excluding tert-OH is 1. The summed E-state index contributed by atoms with van der Waals surface area (Å²) in [5.41, 5.74) is 5.76. The van der Waals surface area contributed by atoms with Gasteiger partial charge in [-0.3, -0.25) is 9.59 Å². The van der Waals surface area contributed by atoms with Crippen LogP contribution in [0.2, 0.25) is 0 Å². The van der Waals surface area contributed by atoms with Crippen LogP contribution >= 0.6 is 0 Å². The van der Waals surface area contributed by atoms with Gasteiger partial charge in [-0.15, -0.1) is 0 Å². The molecule has 0 aromatic carbocycles. The van der Waals surface area contributed by atoms with Crippen LogP contribution in [0.3, 0.4) is 0 Å². The van der Waals surface area contributed by atoms with Crippen molar-refractivity contribution in [2.75, 3.05) is 12.3 Å². The molecule has 2 aromatic rings. The van der Waals surface area contributed by atoms with Gasteiger partial charge in [0.25, 0.3) is 0 Å². The van der Waals surface area contributed by atoms with E-state index in [9.17, 15) is 14.7 Å². The first-order valence-electron chi connectivity index (χ1n) is 12.0. The summed E-state index contributed by atoms with van der Waals surface area (Å²) in [4.78, 5) is 28.9. The number of aromatic nitrogens is 3. The molecule has 10 heteroatoms. The highest BCUT2D eigenvalue weighted by molar-refractivity contribution is 5.71. The Morgan fingerprint density at radius 2 is 2.03 bits per heavy atom. The van der Waals surface area contributed by atoms with Crippen molar-refractivity contribution in [3.8, 4) is 0 Å². The number of carbonyl (C=O) groups excluding carboxylic acids is 2. The second kappa shape index (κ2) is 9.87. The molecule has 3 N–H and O–H groups in total. The first kappa shape index (κ1) is 24.4. The normalized spacial score (nSPS) is 27.9. The minimum absolute atomic E-state index is 0.147. The lowest BCUT2D eigenvalue weighted by Gasteiger charge is -2.28. The van der Waals surface area contributed by atoms with Gasteiger partial charge in [-0.05, 0) is 37.8 Å². The molecule has 1 aliphatic heterocycles. The maximum Gasteiger partial charge on any atom is 0.308 e. The van der Waals surface area contributed by atoms with Crippen LogP contribution in [0.25, 0.3) is 5.52 Å². The maximum atomic E-state index is 12.8. The van der Waals surface area contributed by atoms with E-state index in [1.54, 1.807) is 37.4 Å². The highest BCUT2D eigenvalue weighted by Crippen LogP contribution is 2.42. The van der Waals surface area contributed by atoms with E-state index in [0.717, 1.165) is 25.7 Å². The molecule has 0 amide bonds. The van der Waals surface area contributed by atoms with Crippen molar-refractivity contribution < 1.29 is 28.9 Å². The van der Waals surface area contributed by atoms with Gasteiger partial charge in [0.05, 0.1) is 11.6 Å². The zero-order valence-corrected chi connectivity index (χ0v) is 20.0. The molecule has 10 nitrogen and oxygen atoms in total. The summed E-state index contributed by atoms with van der Waals surface area (Å²) >= 11 is 0. The molecular formula is C24H34N4O6. The zero-order chi connectivity index (χ0) is 24.5. The van der Waals surface area contributed by atoms with Crippen molar-refractivity contribution >= 4 is 23.3 Å². The minimum Gasteiger partial charge on any atom is -0.463 e. The summed E-state index contributed by atoms with van der Waals surface area (Å²) in [7, 11) is 0. The van der Waals surface area contributed by atoms with Crippen molar-refractivity contribution in [1.29, 1.82) is 0 Å². The molecule has 1 saturated heterocycles. The molecule has 2 aromatic heterocycles. The van der Waals surface area contributed by atoms with E-state index in [1.165, 1.54) is 12.7 Å². The first-order valence-corrected chi connectivity index (χ1v) is 12.0. The Hall–Kier alpha value is -2.72. The summed E-state index contributed by atoms with van der Waals surface area (Å²) in [5.74, 6) is -0.517. The number of fused-ring (bicyclic) bond motifs is 1. The molecule has 4 atom stereocenters. The number of hydrogen-bond acceptors (Lipinski definition) is 9. The zero-order valence-electron chi connectivity index (χ0n) is 20.0. The van der Waals surface area contributed by atoms with Gasteiger partial charge in [-0.25, -0.2) is 9.50 Å². The molecule has 1 aliphatic carbocycles. The van der Waals surface area contributed by atoms with E-state index in [4.69, 9.17) is 19.9 Å². The van der Waals surface area contributed by atoms with Crippen molar-refractivity contribution in [2.24, 2.45) is 11.8 Å². The number of esters is 2. The van der Waals surface area contributed by atoms with E-state index in [0.29, 0.717) is 23.5 Å². The Bertz CT molecular complexity index is 1030. The summed E-state index contributed by atoms with van der Waals surface area (Å²) in [6.45, 7) is 5.01. The number of aliphatic hydroxyl groups is 1. The van der Waals surface area contributed by atoms with E-state index in [-0.39, 0.29) is 24.3 Å². The highest BCUT2D eigenvalue weighted by atomic mass is 16.6. The topological polar surface area (TPSA) is 138 Å². The molecule has 186 valence electrons. The second-order valence-electron chi connectivity index (χ2n) is 9.82. The van der Waals surface area contributed by atoms with Crippen molar-refractivity contribution in [2.45, 2.75) is 83.2 Å². The number of carbonyl (C=O) groups is 2. The molecule has 1 saturated carbocycles. The Morgan fingerprint density at radius 1 is 1.29 bits per heavy atom. The lowest BCUT2D eigenvalue weighted by atomic mass is 9.87. The number of ether oxygens (including phenoxy) is 3. The minimum atomic E-state index is -1.29. The summed E-state index contributed by atoms with van der Waals surface area (Å²) in [6, 6.07) is 3.48. The van der Waals surface area contributed by atoms with Crippen LogP contribution in [0.5, 0.6) is 0 Å². The van der Waals surface area contributed by atoms with Crippen LogP contribution in [0.4, 0.5) is 5.82 Å². The van der Waals surface area contributed by atoms with Gasteiger partial charge in [0.1, 0.15) is 36.3 Å². The Kier molecular flexibility index (Phi) is 7.09. The molecule has 0 unspecified atom stereocenters. The molecule has 3 heterocycles. The third-order valence-corrected chi connectivity index (χ3v) is 6.94. The smallest absolute Gasteiger partial charge is 0.308 e. The number of nitrogens with zero attached hydrogens (tertiary/aromatic N) is 3. The summed E-state index contributed by atoms with van der Waals surface area (Å²) in [5, 5.41) is 15.6. The number of nitrogens with two attached hydrogens (primary N) is 1. The summed E-state index contributed by atoms with van der Waals surface area (Å²) < 4.78 is 19.0. The predicted molar refractivity (Wildman–Crippen MR) is 123 cm³/mol. The fraction of sp³-hybridized carbons (Fsp3) is 0.667. The highest BCUT2D eigenvalue weighted by Gasteiger charge is 2.56. The van der Waals surface area contributed by atoms with Crippen molar-refractivity contribution in [3.63, 3.8) is 0 Å². The van der Waals surface area contributed by atoms with E-state index in [1.807, 2.05) is 0 Å². The SMILES string of the molecule is CC(C)C(=O)OC[C@H]1O[C@@](C)(c2ccc3c(N)ncnn23)[C@H](O)[C@@H]1OC(=O)CC1CCCCC1. The van der Waals surface area contributed by atoms with Crippen LogP contribution in [0, 0.1) is 11.8 Å². The monoisotopic (exact) mass is 474 g/mol. The standard InChI is InChI=1S/C24H34N4O6/c1-14(2)23(31)32-12-17-20(33-19(29)11-15-7-5-4-6-8-15)21(30)24(3,34-17)18-10-9-16-22(25)26-13-27-28(16)18/h9-10,13-15,17,20-21,30H,4-8,11-12H2,1-3H3,(H2,25,26,27)/t17-,20-,21-,24+/m1/s1. The van der Waals surface area contributed by atoms with Crippen LogP contribution in [-0.2, 0) is 29.4 Å². The lowest BCUT2D eigenvalue weighted by molar-refractivity contribution is -0.162. The van der Waals surface area contributed by atoms with Gasteiger partial charge in [0.2, 0.25) is 0 Å². The Morgan fingerprint density at radius 3 is 2.74 bits per heavy atom. The molecule has 4 rings (SSSR count). The fourth-order valence-corrected chi connectivity index (χ4v) is 4.94. The van der Waals surface area contributed by atoms with Gasteiger partial charge in [0, 0.05) is 6.42 Å². The van der Waals surface area contributed by atoms with Crippen LogP contribution in [-0.4, -0.2) is 56.6 Å². The number of anilines is 1. The average molecular weight is 475 g/mol. The number of hydrogen-bond donors (Lipinski definition) is 2. The van der Waals surface area contributed by atoms with Crippen LogP contribution in [0.15, 0.2) is 18.5 Å². The lowest BCUT2D eigenvalue weighted by Crippen LogP contribution is -2.42. The largest absolute Gasteiger partial charge is 0.463 e. The fourth-order valence-electron chi connectivity index (χ4n) is 4.94. The van der Waals surface area contributed by atoms with E-state index >= 15 is 0 Å². The first-order chi connectivity index (χ1) is 16.2. The van der Waals surface area contributed by atoms with Crippen LogP contribution in [0.1, 0.15) is 65.0 Å². The van der Waals surface area contributed by atoms with E-state index < -0.39 is 29.9 Å². The number of rotatable bonds is 7. The third-order valence-electron chi connectivity index (χ3n) is 6.94. The molecule has 0 spiro atoms. The second-order valence-corrected chi connectivity index (χ2v) is 9.82. The maximum absolute atomic E-state index is 12.8. The Labute approximate surface area is 198 Å². The Balaban J connectivity index is 1.58. The molecule has 2 aliphatic rings. The molecule has 0 radical (unpaired) electrons. The summed E-state index contributed by atoms with van der Waals surface area (Å²) in [6.07, 6.45) is 3.98. The van der Waals surface area contributed by atoms with Gasteiger partial charge in [0.15, 0.2) is 11.9 Å². The van der Waals surface area contributed by atoms with Gasteiger partial charge in [-0.2, -0.15) is 5.10 Å². The molecular weight excluding hydrogens is 440 g/mol. The molecule has 2 fully saturated rings. The van der Waals surface area contributed by atoms with Crippen molar-refractivity contribution in [1.82, 2.24) is 14.6 Å². The van der Waals surface area contributed by atoms with Gasteiger partial charge in [-0.1, -0.05) is 33.1 Å². The molecule has 34 heavy (non-hydrogen) atoms. The van der Waals surface area contributed by atoms with E-state index in [2.05, 4.69) is 10.1 Å². The number of nitrogen functional groups attached to an aromatic ring is 1. The predicted octanol–water partition coefficient (Wildman–Crippen LogP) is 2.37. The van der Waals surface area contributed by atoms with Gasteiger partial charge < -0.3 is 25.1 Å². The molecule has 0 bridgehead atoms.